The maximum absolute atomic E-state index is 12.1. The Morgan fingerprint density at radius 1 is 1.40 bits per heavy atom. The number of nitrogens with one attached hydrogen (secondary N) is 1. The Kier molecular flexibility index (Phi) is 4.37. The Bertz CT molecular complexity index is 489. The van der Waals surface area contributed by atoms with Gasteiger partial charge in [-0.2, -0.15) is 0 Å². The van der Waals surface area contributed by atoms with Gasteiger partial charge in [0.25, 0.3) is 0 Å². The van der Waals surface area contributed by atoms with Crippen LogP contribution >= 0.6 is 0 Å². The molecular formula is C15H20N2O3. The molecule has 0 radical (unpaired) electrons. The Balaban J connectivity index is 2.08. The monoisotopic (exact) mass is 276 g/mol. The summed E-state index contributed by atoms with van der Waals surface area (Å²) in [5, 5.41) is 12.3. The first-order chi connectivity index (χ1) is 9.54. The second-order valence-electron chi connectivity index (χ2n) is 5.50. The first kappa shape index (κ1) is 14.5. The van der Waals surface area contributed by atoms with E-state index in [9.17, 15) is 14.7 Å². The molecule has 108 valence electrons. The highest BCUT2D eigenvalue weighted by Crippen LogP contribution is 2.34. The Morgan fingerprint density at radius 2 is 2.10 bits per heavy atom. The van der Waals surface area contributed by atoms with E-state index in [4.69, 9.17) is 0 Å². The lowest BCUT2D eigenvalue weighted by Gasteiger charge is -2.39. The molecule has 0 aliphatic heterocycles. The van der Waals surface area contributed by atoms with E-state index in [0.29, 0.717) is 6.42 Å². The van der Waals surface area contributed by atoms with E-state index in [2.05, 4.69) is 10.3 Å². The maximum Gasteiger partial charge on any atom is 0.329 e. The normalized spacial score (nSPS) is 25.9. The van der Waals surface area contributed by atoms with Gasteiger partial charge in [-0.15, -0.1) is 0 Å². The average Bonchev–Trinajstić information content (AvgIpc) is 2.42. The number of aromatic nitrogens is 1. The number of carbonyl (C=O) groups is 2. The van der Waals surface area contributed by atoms with E-state index in [1.54, 1.807) is 24.5 Å². The maximum atomic E-state index is 12.1. The number of amides is 1. The number of carboxylic acids is 1. The average molecular weight is 276 g/mol. The summed E-state index contributed by atoms with van der Waals surface area (Å²) in [5.74, 6) is -1.21. The summed E-state index contributed by atoms with van der Waals surface area (Å²) in [6, 6.07) is 3.52. The molecule has 2 atom stereocenters. The highest BCUT2D eigenvalue weighted by atomic mass is 16.4. The number of hydrogen-bond donors (Lipinski definition) is 2. The summed E-state index contributed by atoms with van der Waals surface area (Å²) in [6.45, 7) is 1.90. The molecule has 5 heteroatoms. The predicted molar refractivity (Wildman–Crippen MR) is 74.1 cm³/mol. The highest BCUT2D eigenvalue weighted by molar-refractivity contribution is 5.88. The number of pyridine rings is 1. The molecule has 20 heavy (non-hydrogen) atoms. The van der Waals surface area contributed by atoms with Gasteiger partial charge in [-0.25, -0.2) is 4.79 Å². The van der Waals surface area contributed by atoms with E-state index >= 15 is 0 Å². The molecule has 2 rings (SSSR count). The van der Waals surface area contributed by atoms with Crippen molar-refractivity contribution >= 4 is 11.9 Å². The van der Waals surface area contributed by atoms with Crippen LogP contribution in [0.4, 0.5) is 0 Å². The molecular weight excluding hydrogens is 256 g/mol. The second-order valence-corrected chi connectivity index (χ2v) is 5.50. The van der Waals surface area contributed by atoms with Crippen molar-refractivity contribution in [3.05, 3.63) is 30.1 Å². The smallest absolute Gasteiger partial charge is 0.329 e. The van der Waals surface area contributed by atoms with Gasteiger partial charge < -0.3 is 10.4 Å². The van der Waals surface area contributed by atoms with Crippen molar-refractivity contribution in [3.63, 3.8) is 0 Å². The van der Waals surface area contributed by atoms with Gasteiger partial charge in [0.15, 0.2) is 0 Å². The van der Waals surface area contributed by atoms with Gasteiger partial charge in [-0.05, 0) is 36.5 Å². The van der Waals surface area contributed by atoms with Crippen molar-refractivity contribution in [2.45, 2.75) is 44.6 Å². The zero-order valence-corrected chi connectivity index (χ0v) is 11.6. The molecule has 1 fully saturated rings. The van der Waals surface area contributed by atoms with Gasteiger partial charge >= 0.3 is 5.97 Å². The SMILES string of the molecule is CC1CCCCC1(NC(=O)Cc1ccncc1)C(=O)O. The summed E-state index contributed by atoms with van der Waals surface area (Å²) in [4.78, 5) is 27.7. The quantitative estimate of drug-likeness (QED) is 0.878. The lowest BCUT2D eigenvalue weighted by atomic mass is 9.73. The van der Waals surface area contributed by atoms with Crippen LogP contribution in [-0.2, 0) is 16.0 Å². The third kappa shape index (κ3) is 2.98. The number of hydrogen-bond acceptors (Lipinski definition) is 3. The van der Waals surface area contributed by atoms with Gasteiger partial charge in [0.1, 0.15) is 5.54 Å². The second kappa shape index (κ2) is 6.03. The van der Waals surface area contributed by atoms with E-state index in [1.807, 2.05) is 6.92 Å². The molecule has 0 aromatic carbocycles. The zero-order chi connectivity index (χ0) is 14.6. The highest BCUT2D eigenvalue weighted by Gasteiger charge is 2.46. The van der Waals surface area contributed by atoms with Crippen LogP contribution < -0.4 is 5.32 Å². The largest absolute Gasteiger partial charge is 0.479 e. The standard InChI is InChI=1S/C15H20N2O3/c1-11-4-2-3-7-15(11,14(19)20)17-13(18)10-12-5-8-16-9-6-12/h5-6,8-9,11H,2-4,7,10H2,1H3,(H,17,18)(H,19,20). The fourth-order valence-electron chi connectivity index (χ4n) is 2.88. The lowest BCUT2D eigenvalue weighted by molar-refractivity contribution is -0.151. The van der Waals surface area contributed by atoms with Gasteiger partial charge in [0, 0.05) is 12.4 Å². The van der Waals surface area contributed by atoms with Crippen LogP contribution in [0.5, 0.6) is 0 Å². The van der Waals surface area contributed by atoms with Gasteiger partial charge in [0.2, 0.25) is 5.91 Å². The van der Waals surface area contributed by atoms with Crippen LogP contribution in [0.15, 0.2) is 24.5 Å². The molecule has 1 saturated carbocycles. The molecule has 2 unspecified atom stereocenters. The first-order valence-electron chi connectivity index (χ1n) is 6.98. The number of rotatable bonds is 4. The predicted octanol–water partition coefficient (Wildman–Crippen LogP) is 1.77. The third-order valence-electron chi connectivity index (χ3n) is 4.16. The molecule has 1 aromatic rings. The molecule has 0 spiro atoms. The summed E-state index contributed by atoms with van der Waals surface area (Å²) in [6.07, 6.45) is 6.64. The van der Waals surface area contributed by atoms with E-state index in [1.165, 1.54) is 0 Å². The Labute approximate surface area is 118 Å². The minimum atomic E-state index is -1.11. The topological polar surface area (TPSA) is 79.3 Å². The van der Waals surface area contributed by atoms with E-state index in [0.717, 1.165) is 24.8 Å². The van der Waals surface area contributed by atoms with Gasteiger partial charge in [-0.3, -0.25) is 9.78 Å². The number of carbonyl (C=O) groups excluding carboxylic acids is 1. The number of nitrogens with zero attached hydrogens (tertiary/aromatic N) is 1. The lowest BCUT2D eigenvalue weighted by Crippen LogP contribution is -2.60. The van der Waals surface area contributed by atoms with Crippen molar-refractivity contribution in [2.75, 3.05) is 0 Å². The Morgan fingerprint density at radius 3 is 2.70 bits per heavy atom. The summed E-state index contributed by atoms with van der Waals surface area (Å²) < 4.78 is 0. The van der Waals surface area contributed by atoms with E-state index in [-0.39, 0.29) is 18.2 Å². The van der Waals surface area contributed by atoms with Crippen molar-refractivity contribution < 1.29 is 14.7 Å². The molecule has 1 heterocycles. The summed E-state index contributed by atoms with van der Waals surface area (Å²) in [7, 11) is 0. The zero-order valence-electron chi connectivity index (χ0n) is 11.6. The van der Waals surface area contributed by atoms with Crippen molar-refractivity contribution in [2.24, 2.45) is 5.92 Å². The number of carboxylic acid groups (broad SMARTS) is 1. The Hall–Kier alpha value is -1.91. The molecule has 1 aliphatic carbocycles. The summed E-state index contributed by atoms with van der Waals surface area (Å²) in [5.41, 5.74) is -0.274. The minimum Gasteiger partial charge on any atom is -0.479 e. The van der Waals surface area contributed by atoms with Crippen LogP contribution in [0.2, 0.25) is 0 Å². The fourth-order valence-corrected chi connectivity index (χ4v) is 2.88. The molecule has 1 aliphatic rings. The van der Waals surface area contributed by atoms with Crippen molar-refractivity contribution in [1.29, 1.82) is 0 Å². The first-order valence-corrected chi connectivity index (χ1v) is 6.98. The van der Waals surface area contributed by atoms with Crippen molar-refractivity contribution in [1.82, 2.24) is 10.3 Å². The van der Waals surface area contributed by atoms with Crippen LogP contribution in [0.25, 0.3) is 0 Å². The molecule has 1 aromatic heterocycles. The van der Waals surface area contributed by atoms with Crippen LogP contribution in [0, 0.1) is 5.92 Å². The van der Waals surface area contributed by atoms with Gasteiger partial charge in [0.05, 0.1) is 6.42 Å². The molecule has 1 amide bonds. The van der Waals surface area contributed by atoms with Crippen LogP contribution in [0.1, 0.15) is 38.2 Å². The third-order valence-corrected chi connectivity index (χ3v) is 4.16. The van der Waals surface area contributed by atoms with Crippen LogP contribution in [0.3, 0.4) is 0 Å². The van der Waals surface area contributed by atoms with Crippen LogP contribution in [-0.4, -0.2) is 27.5 Å². The van der Waals surface area contributed by atoms with Crippen molar-refractivity contribution in [3.8, 4) is 0 Å². The molecule has 0 bridgehead atoms. The summed E-state index contributed by atoms with van der Waals surface area (Å²) >= 11 is 0. The molecule has 0 saturated heterocycles. The fraction of sp³-hybridized carbons (Fsp3) is 0.533. The van der Waals surface area contributed by atoms with Gasteiger partial charge in [-0.1, -0.05) is 19.8 Å². The molecule has 2 N–H and O–H groups in total. The minimum absolute atomic E-state index is 0.0462. The van der Waals surface area contributed by atoms with E-state index < -0.39 is 11.5 Å². The molecule has 5 nitrogen and oxygen atoms in total. The number of aliphatic carboxylic acids is 1.